The van der Waals surface area contributed by atoms with Crippen LogP contribution in [0.4, 0.5) is 11.4 Å². The topological polar surface area (TPSA) is 64.3 Å². The van der Waals surface area contributed by atoms with Gasteiger partial charge < -0.3 is 15.8 Å². The maximum Gasteiger partial charge on any atom is 0.340 e. The fourth-order valence-corrected chi connectivity index (χ4v) is 3.47. The third-order valence-corrected chi connectivity index (χ3v) is 4.68. The van der Waals surface area contributed by atoms with Gasteiger partial charge in [-0.25, -0.2) is 4.79 Å². The summed E-state index contributed by atoms with van der Waals surface area (Å²) in [6.07, 6.45) is 3.81. The van der Waals surface area contributed by atoms with Gasteiger partial charge in [0.2, 0.25) is 0 Å². The highest BCUT2D eigenvalue weighted by Gasteiger charge is 2.17. The lowest BCUT2D eigenvalue weighted by Gasteiger charge is -2.23. The lowest BCUT2D eigenvalue weighted by atomic mass is 10.1. The monoisotopic (exact) mass is 280 g/mol. The first-order valence-electron chi connectivity index (χ1n) is 6.54. The van der Waals surface area contributed by atoms with Gasteiger partial charge in [0.1, 0.15) is 0 Å². The largest absolute Gasteiger partial charge is 0.465 e. The van der Waals surface area contributed by atoms with Gasteiger partial charge >= 0.3 is 5.97 Å². The summed E-state index contributed by atoms with van der Waals surface area (Å²) in [4.78, 5) is 11.7. The van der Waals surface area contributed by atoms with Crippen molar-refractivity contribution in [3.8, 4) is 0 Å². The SMILES string of the molecule is COC(=O)c1cccc(N)c1NCC1CCCCS1. The highest BCUT2D eigenvalue weighted by Crippen LogP contribution is 2.28. The number of methoxy groups -OCH3 is 1. The summed E-state index contributed by atoms with van der Waals surface area (Å²) < 4.78 is 4.78. The van der Waals surface area contributed by atoms with Crippen LogP contribution in [0.1, 0.15) is 29.6 Å². The number of carbonyl (C=O) groups excluding carboxylic acids is 1. The molecule has 104 valence electrons. The van der Waals surface area contributed by atoms with Crippen molar-refractivity contribution in [2.24, 2.45) is 0 Å². The van der Waals surface area contributed by atoms with Crippen molar-refractivity contribution in [2.75, 3.05) is 30.5 Å². The molecule has 0 saturated carbocycles. The van der Waals surface area contributed by atoms with Crippen LogP contribution in [0.5, 0.6) is 0 Å². The third kappa shape index (κ3) is 3.56. The number of anilines is 2. The van der Waals surface area contributed by atoms with Crippen LogP contribution in [0, 0.1) is 0 Å². The Kier molecular flexibility index (Phi) is 4.96. The number of nitrogens with one attached hydrogen (secondary N) is 1. The molecule has 1 aliphatic heterocycles. The molecule has 5 heteroatoms. The molecule has 0 bridgehead atoms. The van der Waals surface area contributed by atoms with E-state index in [1.54, 1.807) is 18.2 Å². The number of hydrogen-bond acceptors (Lipinski definition) is 5. The molecule has 1 atom stereocenters. The van der Waals surface area contributed by atoms with Crippen LogP contribution in [-0.4, -0.2) is 30.6 Å². The predicted octanol–water partition coefficient (Wildman–Crippen LogP) is 2.75. The first-order chi connectivity index (χ1) is 9.22. The van der Waals surface area contributed by atoms with Crippen molar-refractivity contribution in [2.45, 2.75) is 24.5 Å². The first kappa shape index (κ1) is 14.1. The van der Waals surface area contributed by atoms with Gasteiger partial charge in [-0.2, -0.15) is 11.8 Å². The molecular weight excluding hydrogens is 260 g/mol. The van der Waals surface area contributed by atoms with Gasteiger partial charge in [-0.05, 0) is 30.7 Å². The Labute approximate surface area is 118 Å². The summed E-state index contributed by atoms with van der Waals surface area (Å²) in [5.41, 5.74) is 7.74. The Bertz CT molecular complexity index is 445. The number of nitrogen functional groups attached to an aromatic ring is 1. The number of thioether (sulfide) groups is 1. The molecule has 0 aromatic heterocycles. The van der Waals surface area contributed by atoms with Gasteiger partial charge in [0, 0.05) is 11.8 Å². The Morgan fingerprint density at radius 1 is 1.53 bits per heavy atom. The molecule has 0 spiro atoms. The highest BCUT2D eigenvalue weighted by molar-refractivity contribution is 7.99. The number of carbonyl (C=O) groups is 1. The molecule has 0 radical (unpaired) electrons. The molecule has 3 N–H and O–H groups in total. The lowest BCUT2D eigenvalue weighted by molar-refractivity contribution is 0.0602. The maximum atomic E-state index is 11.7. The normalized spacial score (nSPS) is 18.9. The van der Waals surface area contributed by atoms with Gasteiger partial charge in [-0.3, -0.25) is 0 Å². The zero-order chi connectivity index (χ0) is 13.7. The zero-order valence-electron chi connectivity index (χ0n) is 11.1. The zero-order valence-corrected chi connectivity index (χ0v) is 12.0. The molecule has 1 aromatic carbocycles. The van der Waals surface area contributed by atoms with E-state index in [4.69, 9.17) is 10.5 Å². The molecular formula is C14H20N2O2S. The number of hydrogen-bond donors (Lipinski definition) is 2. The van der Waals surface area contributed by atoms with E-state index in [9.17, 15) is 4.79 Å². The average molecular weight is 280 g/mol. The molecule has 1 aromatic rings. The lowest BCUT2D eigenvalue weighted by Crippen LogP contribution is -2.21. The second-order valence-electron chi connectivity index (χ2n) is 4.63. The summed E-state index contributed by atoms with van der Waals surface area (Å²) in [6.45, 7) is 0.836. The second-order valence-corrected chi connectivity index (χ2v) is 6.04. The van der Waals surface area contributed by atoms with Crippen LogP contribution < -0.4 is 11.1 Å². The summed E-state index contributed by atoms with van der Waals surface area (Å²) in [7, 11) is 1.38. The van der Waals surface area contributed by atoms with Crippen LogP contribution in [0.2, 0.25) is 0 Å². The minimum absolute atomic E-state index is 0.355. The van der Waals surface area contributed by atoms with E-state index in [2.05, 4.69) is 5.32 Å². The molecule has 1 heterocycles. The van der Waals surface area contributed by atoms with Gasteiger partial charge in [-0.1, -0.05) is 12.5 Å². The van der Waals surface area contributed by atoms with Gasteiger partial charge in [0.25, 0.3) is 0 Å². The van der Waals surface area contributed by atoms with Crippen molar-refractivity contribution in [3.63, 3.8) is 0 Å². The predicted molar refractivity (Wildman–Crippen MR) is 80.8 cm³/mol. The van der Waals surface area contributed by atoms with Gasteiger partial charge in [-0.15, -0.1) is 0 Å². The van der Waals surface area contributed by atoms with E-state index in [-0.39, 0.29) is 5.97 Å². The van der Waals surface area contributed by atoms with E-state index < -0.39 is 0 Å². The molecule has 2 rings (SSSR count). The van der Waals surface area contributed by atoms with Crippen LogP contribution in [0.3, 0.4) is 0 Å². The fraction of sp³-hybridized carbons (Fsp3) is 0.500. The van der Waals surface area contributed by atoms with Crippen molar-refractivity contribution >= 4 is 29.1 Å². The van der Waals surface area contributed by atoms with E-state index in [0.717, 1.165) is 6.54 Å². The van der Waals surface area contributed by atoms with Crippen LogP contribution in [-0.2, 0) is 4.74 Å². The van der Waals surface area contributed by atoms with Gasteiger partial charge in [0.05, 0.1) is 24.0 Å². The quantitative estimate of drug-likeness (QED) is 0.656. The molecule has 0 amide bonds. The average Bonchev–Trinajstić information content (AvgIpc) is 2.46. The number of benzene rings is 1. The number of para-hydroxylation sites is 1. The Balaban J connectivity index is 2.07. The molecule has 4 nitrogen and oxygen atoms in total. The Hall–Kier alpha value is -1.36. The third-order valence-electron chi connectivity index (χ3n) is 3.28. The summed E-state index contributed by atoms with van der Waals surface area (Å²) in [5.74, 6) is 0.867. The number of esters is 1. The molecule has 1 unspecified atom stereocenters. The second kappa shape index (κ2) is 6.70. The van der Waals surface area contributed by atoms with Crippen LogP contribution >= 0.6 is 11.8 Å². The van der Waals surface area contributed by atoms with Crippen LogP contribution in [0.25, 0.3) is 0 Å². The molecule has 1 saturated heterocycles. The number of nitrogens with two attached hydrogens (primary N) is 1. The number of rotatable bonds is 4. The van der Waals surface area contributed by atoms with Crippen LogP contribution in [0.15, 0.2) is 18.2 Å². The Morgan fingerprint density at radius 3 is 3.05 bits per heavy atom. The maximum absolute atomic E-state index is 11.7. The molecule has 1 aliphatic rings. The number of ether oxygens (including phenoxy) is 1. The van der Waals surface area contributed by atoms with E-state index in [0.29, 0.717) is 22.2 Å². The summed E-state index contributed by atoms with van der Waals surface area (Å²) in [6, 6.07) is 5.30. The minimum atomic E-state index is -0.355. The standard InChI is InChI=1S/C14H20N2O2S/c1-18-14(17)11-6-4-7-12(15)13(11)16-9-10-5-2-3-8-19-10/h4,6-7,10,16H,2-3,5,8-9,15H2,1H3. The van der Waals surface area contributed by atoms with Gasteiger partial charge in [0.15, 0.2) is 0 Å². The molecule has 1 fully saturated rings. The first-order valence-corrected chi connectivity index (χ1v) is 7.59. The highest BCUT2D eigenvalue weighted by atomic mass is 32.2. The molecule has 0 aliphatic carbocycles. The summed E-state index contributed by atoms with van der Waals surface area (Å²) in [5, 5.41) is 3.92. The van der Waals surface area contributed by atoms with Crippen molar-refractivity contribution in [3.05, 3.63) is 23.8 Å². The van der Waals surface area contributed by atoms with Crippen molar-refractivity contribution in [1.82, 2.24) is 0 Å². The smallest absolute Gasteiger partial charge is 0.340 e. The van der Waals surface area contributed by atoms with E-state index in [1.165, 1.54) is 32.1 Å². The van der Waals surface area contributed by atoms with Crippen molar-refractivity contribution in [1.29, 1.82) is 0 Å². The molecule has 19 heavy (non-hydrogen) atoms. The van der Waals surface area contributed by atoms with E-state index >= 15 is 0 Å². The fourth-order valence-electron chi connectivity index (χ4n) is 2.23. The van der Waals surface area contributed by atoms with Crippen molar-refractivity contribution < 1.29 is 9.53 Å². The van der Waals surface area contributed by atoms with E-state index in [1.807, 2.05) is 11.8 Å². The Morgan fingerprint density at radius 2 is 2.37 bits per heavy atom. The summed E-state index contributed by atoms with van der Waals surface area (Å²) >= 11 is 1.99. The minimum Gasteiger partial charge on any atom is -0.465 e.